The van der Waals surface area contributed by atoms with Crippen LogP contribution >= 0.6 is 0 Å². The van der Waals surface area contributed by atoms with E-state index >= 15 is 0 Å². The van der Waals surface area contributed by atoms with E-state index in [1.54, 1.807) is 0 Å². The fraction of sp³-hybridized carbons (Fsp3) is 0.476. The van der Waals surface area contributed by atoms with Crippen LogP contribution in [0.2, 0.25) is 0 Å². The van der Waals surface area contributed by atoms with E-state index in [9.17, 15) is 13.6 Å². The topological polar surface area (TPSA) is 70.2 Å². The fourth-order valence-corrected chi connectivity index (χ4v) is 3.53. The average molecular weight is 403 g/mol. The summed E-state index contributed by atoms with van der Waals surface area (Å²) < 4.78 is 26.9. The van der Waals surface area contributed by atoms with Gasteiger partial charge in [0.2, 0.25) is 11.9 Å². The van der Waals surface area contributed by atoms with Crippen molar-refractivity contribution >= 4 is 17.7 Å². The lowest BCUT2D eigenvalue weighted by atomic mass is 9.85. The van der Waals surface area contributed by atoms with E-state index in [2.05, 4.69) is 20.6 Å². The molecule has 1 aliphatic rings. The molecule has 8 heteroatoms. The van der Waals surface area contributed by atoms with E-state index < -0.39 is 11.6 Å². The molecule has 0 unspecified atom stereocenters. The average Bonchev–Trinajstić information content (AvgIpc) is 2.68. The first-order valence-corrected chi connectivity index (χ1v) is 9.83. The van der Waals surface area contributed by atoms with E-state index in [0.29, 0.717) is 5.95 Å². The molecule has 0 saturated heterocycles. The maximum Gasteiger partial charge on any atom is 0.225 e. The number of anilines is 2. The zero-order chi connectivity index (χ0) is 21.0. The van der Waals surface area contributed by atoms with Gasteiger partial charge in [-0.15, -0.1) is 0 Å². The van der Waals surface area contributed by atoms with Gasteiger partial charge >= 0.3 is 0 Å². The fourth-order valence-electron chi connectivity index (χ4n) is 3.53. The number of rotatable bonds is 6. The number of nitrogens with zero attached hydrogens (tertiary/aromatic N) is 3. The highest BCUT2D eigenvalue weighted by Gasteiger charge is 2.26. The van der Waals surface area contributed by atoms with Crippen LogP contribution in [0.5, 0.6) is 0 Å². The van der Waals surface area contributed by atoms with Gasteiger partial charge in [-0.25, -0.2) is 13.8 Å². The van der Waals surface area contributed by atoms with Gasteiger partial charge in [-0.05, 0) is 50.8 Å². The second kappa shape index (κ2) is 9.15. The molecule has 0 radical (unpaired) electrons. The molecule has 1 aromatic heterocycles. The second-order valence-corrected chi connectivity index (χ2v) is 7.73. The SMILES string of the molecule is Cc1cc(N(C)C)nc(N[C@H]2CC[C@@H](C(=O)NCc3cc(F)ccc3F)CC2)n1. The van der Waals surface area contributed by atoms with Crippen LogP contribution in [0.3, 0.4) is 0 Å². The second-order valence-electron chi connectivity index (χ2n) is 7.73. The Morgan fingerprint density at radius 2 is 1.86 bits per heavy atom. The Kier molecular flexibility index (Phi) is 6.61. The van der Waals surface area contributed by atoms with Crippen molar-refractivity contribution in [2.75, 3.05) is 24.3 Å². The molecule has 3 rings (SSSR count). The van der Waals surface area contributed by atoms with Gasteiger partial charge in [-0.3, -0.25) is 4.79 Å². The number of nitrogens with one attached hydrogen (secondary N) is 2. The number of hydrogen-bond donors (Lipinski definition) is 2. The van der Waals surface area contributed by atoms with Crippen molar-refractivity contribution in [3.8, 4) is 0 Å². The number of carbonyl (C=O) groups excluding carboxylic acids is 1. The van der Waals surface area contributed by atoms with Gasteiger partial charge in [0.15, 0.2) is 0 Å². The maximum absolute atomic E-state index is 13.7. The lowest BCUT2D eigenvalue weighted by Crippen LogP contribution is -2.36. The molecule has 1 aromatic carbocycles. The van der Waals surface area contributed by atoms with Gasteiger partial charge in [0.25, 0.3) is 0 Å². The van der Waals surface area contributed by atoms with Gasteiger partial charge in [0.05, 0.1) is 0 Å². The van der Waals surface area contributed by atoms with E-state index in [-0.39, 0.29) is 30.0 Å². The molecule has 156 valence electrons. The van der Waals surface area contributed by atoms with Crippen LogP contribution in [-0.2, 0) is 11.3 Å². The smallest absolute Gasteiger partial charge is 0.225 e. The predicted molar refractivity (Wildman–Crippen MR) is 109 cm³/mol. The summed E-state index contributed by atoms with van der Waals surface area (Å²) in [5.74, 6) is 0.169. The highest BCUT2D eigenvalue weighted by molar-refractivity contribution is 5.78. The van der Waals surface area contributed by atoms with Crippen LogP contribution in [0.25, 0.3) is 0 Å². The summed E-state index contributed by atoms with van der Waals surface area (Å²) >= 11 is 0. The largest absolute Gasteiger partial charge is 0.363 e. The van der Waals surface area contributed by atoms with Crippen LogP contribution in [0.15, 0.2) is 24.3 Å². The molecule has 1 fully saturated rings. The summed E-state index contributed by atoms with van der Waals surface area (Å²) in [4.78, 5) is 23.3. The molecule has 1 aliphatic carbocycles. The van der Waals surface area contributed by atoms with Crippen molar-refractivity contribution in [2.45, 2.75) is 45.2 Å². The van der Waals surface area contributed by atoms with Crippen LogP contribution in [0.4, 0.5) is 20.5 Å². The molecule has 1 amide bonds. The van der Waals surface area contributed by atoms with Gasteiger partial charge < -0.3 is 15.5 Å². The number of benzene rings is 1. The molecule has 6 nitrogen and oxygen atoms in total. The first-order chi connectivity index (χ1) is 13.8. The van der Waals surface area contributed by atoms with Gasteiger partial charge in [-0.1, -0.05) is 0 Å². The lowest BCUT2D eigenvalue weighted by molar-refractivity contribution is -0.126. The van der Waals surface area contributed by atoms with Gasteiger partial charge in [0, 0.05) is 49.9 Å². The number of aryl methyl sites for hydroxylation is 1. The first-order valence-electron chi connectivity index (χ1n) is 9.83. The van der Waals surface area contributed by atoms with Gasteiger partial charge in [0.1, 0.15) is 17.5 Å². The van der Waals surface area contributed by atoms with E-state index in [1.807, 2.05) is 32.0 Å². The Hall–Kier alpha value is -2.77. The van der Waals surface area contributed by atoms with Crippen molar-refractivity contribution in [2.24, 2.45) is 5.92 Å². The molecule has 1 saturated carbocycles. The summed E-state index contributed by atoms with van der Waals surface area (Å²) in [5, 5.41) is 6.11. The number of amides is 1. The Balaban J connectivity index is 1.50. The molecule has 0 atom stereocenters. The van der Waals surface area contributed by atoms with Crippen LogP contribution in [0, 0.1) is 24.5 Å². The molecule has 2 aromatic rings. The summed E-state index contributed by atoms with van der Waals surface area (Å²) in [7, 11) is 3.87. The van der Waals surface area contributed by atoms with Crippen molar-refractivity contribution in [1.29, 1.82) is 0 Å². The Labute approximate surface area is 169 Å². The third-order valence-corrected chi connectivity index (χ3v) is 5.19. The van der Waals surface area contributed by atoms with E-state index in [4.69, 9.17) is 0 Å². The van der Waals surface area contributed by atoms with Crippen molar-refractivity contribution < 1.29 is 13.6 Å². The molecule has 2 N–H and O–H groups in total. The number of carbonyl (C=O) groups is 1. The number of aromatic nitrogens is 2. The minimum atomic E-state index is -0.519. The molecule has 1 heterocycles. The van der Waals surface area contributed by atoms with Gasteiger partial charge in [-0.2, -0.15) is 4.98 Å². The molecule has 0 spiro atoms. The monoisotopic (exact) mass is 403 g/mol. The first kappa shape index (κ1) is 21.0. The molecule has 0 bridgehead atoms. The number of halogens is 2. The maximum atomic E-state index is 13.7. The minimum absolute atomic E-state index is 0.00888. The van der Waals surface area contributed by atoms with Crippen molar-refractivity contribution in [3.05, 3.63) is 47.2 Å². The lowest BCUT2D eigenvalue weighted by Gasteiger charge is -2.28. The zero-order valence-corrected chi connectivity index (χ0v) is 17.0. The quantitative estimate of drug-likeness (QED) is 0.774. The molecular formula is C21H27F2N5O. The van der Waals surface area contributed by atoms with Crippen molar-refractivity contribution in [1.82, 2.24) is 15.3 Å². The number of hydrogen-bond acceptors (Lipinski definition) is 5. The van der Waals surface area contributed by atoms with E-state index in [1.165, 1.54) is 0 Å². The zero-order valence-electron chi connectivity index (χ0n) is 17.0. The van der Waals surface area contributed by atoms with Crippen LogP contribution in [0.1, 0.15) is 36.9 Å². The Morgan fingerprint density at radius 3 is 2.55 bits per heavy atom. The molecule has 0 aliphatic heterocycles. The summed E-state index contributed by atoms with van der Waals surface area (Å²) in [6.45, 7) is 1.92. The molecule has 29 heavy (non-hydrogen) atoms. The van der Waals surface area contributed by atoms with Crippen molar-refractivity contribution in [3.63, 3.8) is 0 Å². The summed E-state index contributed by atoms with van der Waals surface area (Å²) in [6.07, 6.45) is 3.09. The normalized spacial score (nSPS) is 18.9. The Morgan fingerprint density at radius 1 is 1.14 bits per heavy atom. The Bertz CT molecular complexity index is 866. The van der Waals surface area contributed by atoms with E-state index in [0.717, 1.165) is 55.4 Å². The van der Waals surface area contributed by atoms with Crippen LogP contribution in [-0.4, -0.2) is 36.0 Å². The third-order valence-electron chi connectivity index (χ3n) is 5.19. The minimum Gasteiger partial charge on any atom is -0.363 e. The highest BCUT2D eigenvalue weighted by atomic mass is 19.1. The van der Waals surface area contributed by atoms with Crippen LogP contribution < -0.4 is 15.5 Å². The standard InChI is InChI=1S/C21H27F2N5O/c1-13-10-19(28(2)3)27-21(25-13)26-17-7-4-14(5-8-17)20(29)24-12-15-11-16(22)6-9-18(15)23/h6,9-11,14,17H,4-5,7-8,12H2,1-3H3,(H,24,29)(H,25,26,27)/t14-,17+. The predicted octanol–water partition coefficient (Wildman–Crippen LogP) is 3.42. The summed E-state index contributed by atoms with van der Waals surface area (Å²) in [5.41, 5.74) is 1.05. The third kappa shape index (κ3) is 5.62. The highest BCUT2D eigenvalue weighted by Crippen LogP contribution is 2.27. The molecular weight excluding hydrogens is 376 g/mol. The summed E-state index contributed by atoms with van der Waals surface area (Å²) in [6, 6.07) is 5.38.